The zero-order chi connectivity index (χ0) is 19.1. The van der Waals surface area contributed by atoms with Crippen LogP contribution in [0, 0.1) is 0 Å². The minimum atomic E-state index is -0.529. The Hall–Kier alpha value is -3.12. The Morgan fingerprint density at radius 2 is 1.93 bits per heavy atom. The predicted octanol–water partition coefficient (Wildman–Crippen LogP) is 4.55. The molecule has 1 aromatic heterocycles. The molecule has 27 heavy (non-hydrogen) atoms. The van der Waals surface area contributed by atoms with Gasteiger partial charge in [-0.25, -0.2) is 4.79 Å². The van der Waals surface area contributed by atoms with Gasteiger partial charge in [-0.15, -0.1) is 10.2 Å². The third-order valence-corrected chi connectivity index (χ3v) is 3.86. The lowest BCUT2D eigenvalue weighted by Gasteiger charge is -2.06. The average molecular weight is 385 g/mol. The number of benzene rings is 2. The highest BCUT2D eigenvalue weighted by Crippen LogP contribution is 2.26. The standard InChI is InChI=1S/C20H17ClN2O4/c1-2-25-17-10-6-3-7-14(17)11-12-19(24)26-13-18-22-23-20(27-18)15-8-4-5-9-16(15)21/h3-12H,2,13H2,1H3/b12-11+. The molecule has 2 aromatic carbocycles. The number of halogens is 1. The molecule has 7 heteroatoms. The third-order valence-electron chi connectivity index (χ3n) is 3.53. The molecule has 3 rings (SSSR count). The molecular weight excluding hydrogens is 368 g/mol. The predicted molar refractivity (Wildman–Crippen MR) is 101 cm³/mol. The Morgan fingerprint density at radius 3 is 2.74 bits per heavy atom. The van der Waals surface area contributed by atoms with Crippen LogP contribution in [0.4, 0.5) is 0 Å². The molecule has 0 aliphatic carbocycles. The smallest absolute Gasteiger partial charge is 0.331 e. The van der Waals surface area contributed by atoms with Gasteiger partial charge in [0.15, 0.2) is 6.61 Å². The van der Waals surface area contributed by atoms with Crippen LogP contribution in [0.25, 0.3) is 17.5 Å². The van der Waals surface area contributed by atoms with Crippen molar-refractivity contribution in [2.24, 2.45) is 0 Å². The van der Waals surface area contributed by atoms with E-state index in [9.17, 15) is 4.79 Å². The molecular formula is C20H17ClN2O4. The van der Waals surface area contributed by atoms with E-state index >= 15 is 0 Å². The fourth-order valence-corrected chi connectivity index (χ4v) is 2.52. The molecule has 0 radical (unpaired) electrons. The summed E-state index contributed by atoms with van der Waals surface area (Å²) in [6.07, 6.45) is 2.96. The fourth-order valence-electron chi connectivity index (χ4n) is 2.30. The maximum absolute atomic E-state index is 11.9. The Balaban J connectivity index is 1.59. The fraction of sp³-hybridized carbons (Fsp3) is 0.150. The lowest BCUT2D eigenvalue weighted by Crippen LogP contribution is -2.01. The summed E-state index contributed by atoms with van der Waals surface area (Å²) in [7, 11) is 0. The Labute approximate surface area is 161 Å². The molecule has 0 spiro atoms. The first-order chi connectivity index (χ1) is 13.2. The maximum atomic E-state index is 11.9. The maximum Gasteiger partial charge on any atom is 0.331 e. The van der Waals surface area contributed by atoms with Gasteiger partial charge in [-0.1, -0.05) is 41.9 Å². The number of rotatable bonds is 7. The first kappa shape index (κ1) is 18.7. The van der Waals surface area contributed by atoms with Crippen LogP contribution in [0.5, 0.6) is 5.75 Å². The van der Waals surface area contributed by atoms with E-state index in [1.807, 2.05) is 37.3 Å². The zero-order valence-electron chi connectivity index (χ0n) is 14.6. The monoisotopic (exact) mass is 384 g/mol. The van der Waals surface area contributed by atoms with Crippen molar-refractivity contribution in [3.05, 3.63) is 71.1 Å². The third kappa shape index (κ3) is 4.95. The molecule has 0 fully saturated rings. The van der Waals surface area contributed by atoms with Gasteiger partial charge in [0.25, 0.3) is 5.89 Å². The average Bonchev–Trinajstić information content (AvgIpc) is 3.15. The van der Waals surface area contributed by atoms with Crippen LogP contribution in [-0.2, 0) is 16.1 Å². The Morgan fingerprint density at radius 1 is 1.15 bits per heavy atom. The minimum Gasteiger partial charge on any atom is -0.493 e. The van der Waals surface area contributed by atoms with Crippen LogP contribution >= 0.6 is 11.6 Å². The molecule has 0 aliphatic heterocycles. The number of hydrogen-bond donors (Lipinski definition) is 0. The second-order valence-electron chi connectivity index (χ2n) is 5.39. The van der Waals surface area contributed by atoms with Gasteiger partial charge in [-0.3, -0.25) is 0 Å². The van der Waals surface area contributed by atoms with E-state index in [1.54, 1.807) is 24.3 Å². The van der Waals surface area contributed by atoms with Crippen molar-refractivity contribution in [1.82, 2.24) is 10.2 Å². The van der Waals surface area contributed by atoms with Crippen molar-refractivity contribution in [2.45, 2.75) is 13.5 Å². The highest BCUT2D eigenvalue weighted by molar-refractivity contribution is 6.33. The summed E-state index contributed by atoms with van der Waals surface area (Å²) in [6, 6.07) is 14.5. The van der Waals surface area contributed by atoms with Crippen LogP contribution in [-0.4, -0.2) is 22.8 Å². The molecule has 1 heterocycles. The van der Waals surface area contributed by atoms with Gasteiger partial charge in [-0.2, -0.15) is 0 Å². The van der Waals surface area contributed by atoms with Gasteiger partial charge in [0, 0.05) is 11.6 Å². The van der Waals surface area contributed by atoms with E-state index in [0.29, 0.717) is 22.9 Å². The van der Waals surface area contributed by atoms with Crippen LogP contribution in [0.2, 0.25) is 5.02 Å². The summed E-state index contributed by atoms with van der Waals surface area (Å²) in [5.74, 6) is 0.623. The summed E-state index contributed by atoms with van der Waals surface area (Å²) in [5, 5.41) is 8.29. The summed E-state index contributed by atoms with van der Waals surface area (Å²) in [4.78, 5) is 11.9. The number of esters is 1. The number of ether oxygens (including phenoxy) is 2. The van der Waals surface area contributed by atoms with Gasteiger partial charge in [0.05, 0.1) is 17.2 Å². The molecule has 0 aliphatic rings. The normalized spacial score (nSPS) is 10.9. The molecule has 0 unspecified atom stereocenters. The van der Waals surface area contributed by atoms with Crippen molar-refractivity contribution < 1.29 is 18.7 Å². The number of para-hydroxylation sites is 1. The summed E-state index contributed by atoms with van der Waals surface area (Å²) >= 11 is 6.10. The summed E-state index contributed by atoms with van der Waals surface area (Å²) in [5.41, 5.74) is 1.41. The minimum absolute atomic E-state index is 0.131. The topological polar surface area (TPSA) is 74.5 Å². The molecule has 0 amide bonds. The molecule has 0 atom stereocenters. The van der Waals surface area contributed by atoms with Crippen molar-refractivity contribution in [3.63, 3.8) is 0 Å². The molecule has 138 valence electrons. The Bertz CT molecular complexity index is 952. The lowest BCUT2D eigenvalue weighted by molar-refractivity contribution is -0.139. The van der Waals surface area contributed by atoms with E-state index in [4.69, 9.17) is 25.5 Å². The van der Waals surface area contributed by atoms with E-state index in [1.165, 1.54) is 6.08 Å². The van der Waals surface area contributed by atoms with Gasteiger partial charge >= 0.3 is 5.97 Å². The number of nitrogens with zero attached hydrogens (tertiary/aromatic N) is 2. The first-order valence-corrected chi connectivity index (χ1v) is 8.69. The number of aromatic nitrogens is 2. The summed E-state index contributed by atoms with van der Waals surface area (Å²) in [6.45, 7) is 2.31. The first-order valence-electron chi connectivity index (χ1n) is 8.31. The highest BCUT2D eigenvalue weighted by Gasteiger charge is 2.12. The molecule has 6 nitrogen and oxygen atoms in total. The van der Waals surface area contributed by atoms with Crippen molar-refractivity contribution >= 4 is 23.6 Å². The quantitative estimate of drug-likeness (QED) is 0.439. The van der Waals surface area contributed by atoms with E-state index in [-0.39, 0.29) is 18.4 Å². The van der Waals surface area contributed by atoms with Crippen LogP contribution in [0.15, 0.2) is 59.0 Å². The second kappa shape index (κ2) is 9.00. The van der Waals surface area contributed by atoms with Crippen molar-refractivity contribution in [2.75, 3.05) is 6.61 Å². The van der Waals surface area contributed by atoms with Gasteiger partial charge in [0.2, 0.25) is 5.89 Å². The van der Waals surface area contributed by atoms with Gasteiger partial charge in [-0.05, 0) is 31.2 Å². The summed E-state index contributed by atoms with van der Waals surface area (Å²) < 4.78 is 16.1. The second-order valence-corrected chi connectivity index (χ2v) is 5.80. The molecule has 3 aromatic rings. The van der Waals surface area contributed by atoms with Crippen molar-refractivity contribution in [3.8, 4) is 17.2 Å². The van der Waals surface area contributed by atoms with Gasteiger partial charge < -0.3 is 13.9 Å². The largest absolute Gasteiger partial charge is 0.493 e. The number of hydrogen-bond acceptors (Lipinski definition) is 6. The van der Waals surface area contributed by atoms with E-state index < -0.39 is 5.97 Å². The van der Waals surface area contributed by atoms with Crippen LogP contribution < -0.4 is 4.74 Å². The van der Waals surface area contributed by atoms with Crippen LogP contribution in [0.1, 0.15) is 18.4 Å². The number of carbonyl (C=O) groups is 1. The van der Waals surface area contributed by atoms with Crippen molar-refractivity contribution in [1.29, 1.82) is 0 Å². The Kier molecular flexibility index (Phi) is 6.22. The van der Waals surface area contributed by atoms with Gasteiger partial charge in [0.1, 0.15) is 5.75 Å². The molecule has 0 N–H and O–H groups in total. The number of carbonyl (C=O) groups excluding carboxylic acids is 1. The lowest BCUT2D eigenvalue weighted by atomic mass is 10.2. The molecule has 0 saturated heterocycles. The zero-order valence-corrected chi connectivity index (χ0v) is 15.3. The highest BCUT2D eigenvalue weighted by atomic mass is 35.5. The van der Waals surface area contributed by atoms with Crippen LogP contribution in [0.3, 0.4) is 0 Å². The van der Waals surface area contributed by atoms with E-state index in [2.05, 4.69) is 10.2 Å². The molecule has 0 saturated carbocycles. The van der Waals surface area contributed by atoms with E-state index in [0.717, 1.165) is 5.56 Å². The molecule has 0 bridgehead atoms. The SMILES string of the molecule is CCOc1ccccc1/C=C/C(=O)OCc1nnc(-c2ccccc2Cl)o1.